The van der Waals surface area contributed by atoms with Gasteiger partial charge in [0.15, 0.2) is 0 Å². The van der Waals surface area contributed by atoms with Crippen molar-refractivity contribution in [1.82, 2.24) is 10.2 Å². The number of rotatable bonds is 2. The summed E-state index contributed by atoms with van der Waals surface area (Å²) in [5, 5.41) is 3.86. The summed E-state index contributed by atoms with van der Waals surface area (Å²) in [7, 11) is 0. The predicted octanol–water partition coefficient (Wildman–Crippen LogP) is 3.95. The molecule has 1 saturated carbocycles. The van der Waals surface area contributed by atoms with Gasteiger partial charge < -0.3 is 5.32 Å². The van der Waals surface area contributed by atoms with Gasteiger partial charge in [0.1, 0.15) is 0 Å². The Bertz CT molecular complexity index is 454. The molecule has 2 aliphatic rings. The summed E-state index contributed by atoms with van der Waals surface area (Å²) in [6.07, 6.45) is 6.91. The van der Waals surface area contributed by atoms with Crippen LogP contribution in [0, 0.1) is 0 Å². The molecule has 1 aromatic carbocycles. The summed E-state index contributed by atoms with van der Waals surface area (Å²) in [6, 6.07) is 9.25. The van der Waals surface area contributed by atoms with E-state index >= 15 is 0 Å². The van der Waals surface area contributed by atoms with E-state index in [2.05, 4.69) is 57.3 Å². The number of nitrogens with one attached hydrogen (secondary N) is 1. The van der Waals surface area contributed by atoms with Crippen molar-refractivity contribution in [1.29, 1.82) is 0 Å². The maximum absolute atomic E-state index is 3.86. The van der Waals surface area contributed by atoms with Gasteiger partial charge in [0.05, 0.1) is 0 Å². The molecular formula is C17H25BrN2. The van der Waals surface area contributed by atoms with Crippen LogP contribution in [0.3, 0.4) is 0 Å². The van der Waals surface area contributed by atoms with Crippen LogP contribution >= 0.6 is 15.9 Å². The number of piperazine rings is 1. The highest BCUT2D eigenvalue weighted by Gasteiger charge is 2.38. The van der Waals surface area contributed by atoms with E-state index in [-0.39, 0.29) is 0 Å². The highest BCUT2D eigenvalue weighted by atomic mass is 79.9. The maximum Gasteiger partial charge on any atom is 0.0309 e. The van der Waals surface area contributed by atoms with Gasteiger partial charge in [-0.25, -0.2) is 0 Å². The van der Waals surface area contributed by atoms with E-state index in [0.717, 1.165) is 13.1 Å². The van der Waals surface area contributed by atoms with E-state index in [0.29, 0.717) is 11.6 Å². The molecule has 1 aromatic rings. The van der Waals surface area contributed by atoms with Gasteiger partial charge in [-0.15, -0.1) is 0 Å². The Labute approximate surface area is 131 Å². The van der Waals surface area contributed by atoms with E-state index in [4.69, 9.17) is 0 Å². The van der Waals surface area contributed by atoms with Crippen LogP contribution in [0.1, 0.15) is 44.6 Å². The zero-order chi connectivity index (χ0) is 14.0. The average Bonchev–Trinajstić information content (AvgIpc) is 2.47. The van der Waals surface area contributed by atoms with Gasteiger partial charge in [0.2, 0.25) is 0 Å². The summed E-state index contributed by atoms with van der Waals surface area (Å²) in [4.78, 5) is 2.67. The molecule has 3 heteroatoms. The van der Waals surface area contributed by atoms with Crippen molar-refractivity contribution in [2.75, 3.05) is 13.1 Å². The maximum atomic E-state index is 3.86. The molecule has 0 bridgehead atoms. The Morgan fingerprint density at radius 1 is 1.25 bits per heavy atom. The molecule has 1 unspecified atom stereocenters. The fourth-order valence-electron chi connectivity index (χ4n) is 3.71. The van der Waals surface area contributed by atoms with E-state index < -0.39 is 0 Å². The Morgan fingerprint density at radius 2 is 2.00 bits per heavy atom. The van der Waals surface area contributed by atoms with Crippen LogP contribution in [0.5, 0.6) is 0 Å². The molecule has 110 valence electrons. The lowest BCUT2D eigenvalue weighted by Gasteiger charge is -2.49. The normalized spacial score (nSPS) is 26.8. The number of halogens is 1. The summed E-state index contributed by atoms with van der Waals surface area (Å²) >= 11 is 3.69. The van der Waals surface area contributed by atoms with Crippen LogP contribution in [-0.4, -0.2) is 29.6 Å². The Hall–Kier alpha value is -0.380. The second-order valence-corrected chi connectivity index (χ2v) is 7.42. The van der Waals surface area contributed by atoms with Crippen molar-refractivity contribution in [3.8, 4) is 0 Å². The molecule has 2 nitrogen and oxygen atoms in total. The first-order valence-electron chi connectivity index (χ1n) is 7.91. The molecular weight excluding hydrogens is 312 g/mol. The van der Waals surface area contributed by atoms with Gasteiger partial charge in [0.25, 0.3) is 0 Å². The minimum absolute atomic E-state index is 0.395. The predicted molar refractivity (Wildman–Crippen MR) is 87.8 cm³/mol. The van der Waals surface area contributed by atoms with Crippen molar-refractivity contribution in [3.05, 3.63) is 34.3 Å². The van der Waals surface area contributed by atoms with Gasteiger partial charge in [-0.2, -0.15) is 0 Å². The monoisotopic (exact) mass is 336 g/mol. The minimum atomic E-state index is 0.395. The minimum Gasteiger partial charge on any atom is -0.308 e. The molecule has 1 aliphatic carbocycles. The average molecular weight is 337 g/mol. The van der Waals surface area contributed by atoms with Crippen molar-refractivity contribution < 1.29 is 0 Å². The second kappa shape index (κ2) is 6.17. The molecule has 20 heavy (non-hydrogen) atoms. The quantitative estimate of drug-likeness (QED) is 0.879. The number of nitrogens with zero attached hydrogens (tertiary/aromatic N) is 1. The topological polar surface area (TPSA) is 15.3 Å². The molecule has 1 heterocycles. The van der Waals surface area contributed by atoms with Crippen LogP contribution in [0.2, 0.25) is 0 Å². The standard InChI is InChI=1S/C17H25BrN2/c1-14-11-19-17(9-5-2-6-10-17)13-20(14)12-15-7-3-4-8-16(15)18/h3-4,7-8,14,19H,2,5-6,9-13H2,1H3. The Kier molecular flexibility index (Phi) is 4.49. The summed E-state index contributed by atoms with van der Waals surface area (Å²) in [5.41, 5.74) is 1.80. The first kappa shape index (κ1) is 14.6. The van der Waals surface area contributed by atoms with Gasteiger partial charge in [-0.05, 0) is 31.4 Å². The van der Waals surface area contributed by atoms with Crippen molar-refractivity contribution in [2.24, 2.45) is 0 Å². The van der Waals surface area contributed by atoms with Crippen LogP contribution in [0.4, 0.5) is 0 Å². The molecule has 1 atom stereocenters. The summed E-state index contributed by atoms with van der Waals surface area (Å²) in [6.45, 7) is 5.74. The van der Waals surface area contributed by atoms with E-state index in [1.54, 1.807) is 0 Å². The molecule has 1 N–H and O–H groups in total. The van der Waals surface area contributed by atoms with Crippen LogP contribution < -0.4 is 5.32 Å². The molecule has 1 saturated heterocycles. The first-order chi connectivity index (χ1) is 9.69. The third kappa shape index (κ3) is 3.10. The Morgan fingerprint density at radius 3 is 2.75 bits per heavy atom. The highest BCUT2D eigenvalue weighted by molar-refractivity contribution is 9.10. The third-order valence-electron chi connectivity index (χ3n) is 5.04. The molecule has 1 aliphatic heterocycles. The van der Waals surface area contributed by atoms with E-state index in [1.165, 1.54) is 48.7 Å². The lowest BCUT2D eigenvalue weighted by Crippen LogP contribution is -2.63. The van der Waals surface area contributed by atoms with Gasteiger partial charge in [0, 0.05) is 35.7 Å². The first-order valence-corrected chi connectivity index (χ1v) is 8.70. The van der Waals surface area contributed by atoms with Crippen molar-refractivity contribution in [2.45, 2.75) is 57.2 Å². The number of benzene rings is 1. The molecule has 0 aromatic heterocycles. The van der Waals surface area contributed by atoms with E-state index in [1.807, 2.05) is 0 Å². The fraction of sp³-hybridized carbons (Fsp3) is 0.647. The van der Waals surface area contributed by atoms with Gasteiger partial charge in [-0.1, -0.05) is 53.4 Å². The molecule has 2 fully saturated rings. The zero-order valence-corrected chi connectivity index (χ0v) is 14.0. The SMILES string of the molecule is CC1CNC2(CCCCC2)CN1Cc1ccccc1Br. The van der Waals surface area contributed by atoms with Gasteiger partial charge in [-0.3, -0.25) is 4.90 Å². The van der Waals surface area contributed by atoms with Crippen molar-refractivity contribution in [3.63, 3.8) is 0 Å². The van der Waals surface area contributed by atoms with Crippen molar-refractivity contribution >= 4 is 15.9 Å². The highest BCUT2D eigenvalue weighted by Crippen LogP contribution is 2.32. The van der Waals surface area contributed by atoms with Crippen LogP contribution in [-0.2, 0) is 6.54 Å². The molecule has 1 spiro atoms. The zero-order valence-electron chi connectivity index (χ0n) is 12.4. The van der Waals surface area contributed by atoms with Gasteiger partial charge >= 0.3 is 0 Å². The van der Waals surface area contributed by atoms with Crippen LogP contribution in [0.15, 0.2) is 28.7 Å². The Balaban J connectivity index is 1.72. The molecule has 3 rings (SSSR count). The lowest BCUT2D eigenvalue weighted by atomic mass is 9.79. The number of hydrogen-bond donors (Lipinski definition) is 1. The smallest absolute Gasteiger partial charge is 0.0309 e. The fourth-order valence-corrected chi connectivity index (χ4v) is 4.12. The van der Waals surface area contributed by atoms with Crippen LogP contribution in [0.25, 0.3) is 0 Å². The number of hydrogen-bond acceptors (Lipinski definition) is 2. The lowest BCUT2D eigenvalue weighted by molar-refractivity contribution is 0.0571. The summed E-state index contributed by atoms with van der Waals surface area (Å²) < 4.78 is 1.24. The van der Waals surface area contributed by atoms with E-state index in [9.17, 15) is 0 Å². The third-order valence-corrected chi connectivity index (χ3v) is 5.82. The molecule has 0 radical (unpaired) electrons. The largest absolute Gasteiger partial charge is 0.308 e. The summed E-state index contributed by atoms with van der Waals surface area (Å²) in [5.74, 6) is 0. The second-order valence-electron chi connectivity index (χ2n) is 6.57. The molecule has 0 amide bonds.